The molecule has 0 saturated carbocycles. The van der Waals surface area contributed by atoms with Gasteiger partial charge in [-0.15, -0.1) is 9.36 Å². The fraction of sp³-hybridized carbons (Fsp3) is 0.122. The van der Waals surface area contributed by atoms with Gasteiger partial charge in [0.1, 0.15) is 11.4 Å². The number of hydrogen-bond donors (Lipinski definition) is 0. The van der Waals surface area contributed by atoms with Crippen LogP contribution in [0, 0.1) is 27.7 Å². The maximum Gasteiger partial charge on any atom is 0.466 e. The highest BCUT2D eigenvalue weighted by Crippen LogP contribution is 2.54. The highest BCUT2D eigenvalue weighted by Gasteiger charge is 2.73. The first-order valence-electron chi connectivity index (χ1n) is 16.1. The van der Waals surface area contributed by atoms with E-state index in [1.807, 2.05) is 0 Å². The van der Waals surface area contributed by atoms with Gasteiger partial charge in [0, 0.05) is 23.8 Å². The Bertz CT molecular complexity index is 2680. The molecular weight excluding hydrogens is 562 g/mol. The molecule has 1 spiro atoms. The molecule has 46 heavy (non-hydrogen) atoms. The second-order valence-electron chi connectivity index (χ2n) is 13.3. The Kier molecular flexibility index (Phi) is 4.24. The monoisotopic (exact) mass is 593 g/mol. The van der Waals surface area contributed by atoms with E-state index in [1.54, 1.807) is 0 Å². The van der Waals surface area contributed by atoms with Crippen molar-refractivity contribution in [3.05, 3.63) is 149 Å². The van der Waals surface area contributed by atoms with E-state index in [0.29, 0.717) is 0 Å². The largest absolute Gasteiger partial charge is 0.466 e. The van der Waals surface area contributed by atoms with Crippen LogP contribution in [0.3, 0.4) is 0 Å². The summed E-state index contributed by atoms with van der Waals surface area (Å²) in [6.07, 6.45) is 2.43. The number of hydrogen-bond acceptors (Lipinski definition) is 0. The van der Waals surface area contributed by atoms with Gasteiger partial charge in [-0.25, -0.2) is 0 Å². The molecule has 1 atom stereocenters. The van der Waals surface area contributed by atoms with E-state index in [9.17, 15) is 0 Å². The summed E-state index contributed by atoms with van der Waals surface area (Å²) in [6.45, 7) is 9.04. The average molecular weight is 594 g/mol. The molecule has 0 fully saturated rings. The molecule has 0 aliphatic carbocycles. The lowest BCUT2D eigenvalue weighted by Crippen LogP contribution is -2.75. The van der Waals surface area contributed by atoms with E-state index in [-0.39, 0.29) is 0 Å². The standard InChI is InChI=1S/C41H31N5/c1-24-21-29(28-11-6-5-7-12-28)17-18-30(24)33-23-42-41-38-35(15-10-16-36(38)45(42)27(33)4)43-34-14-9-8-13-31(34)32-19-20-37(39(41)40(32)43)44-25(2)22-26(3)46(41)44/h5-23H,1-4H3/q+2. The Balaban J connectivity index is 1.28. The third-order valence-corrected chi connectivity index (χ3v) is 11.0. The molecule has 3 aliphatic rings. The van der Waals surface area contributed by atoms with Crippen LogP contribution in [0.25, 0.3) is 61.1 Å². The Morgan fingerprint density at radius 1 is 0.587 bits per heavy atom. The summed E-state index contributed by atoms with van der Waals surface area (Å²) in [5.41, 5.74) is 18.5. The molecule has 6 heterocycles. The average Bonchev–Trinajstić information content (AvgIpc) is 3.84. The molecule has 0 saturated heterocycles. The fourth-order valence-corrected chi connectivity index (χ4v) is 9.29. The van der Waals surface area contributed by atoms with E-state index >= 15 is 0 Å². The number of aryl methyl sites for hydroxylation is 3. The Labute approximate surface area is 266 Å². The van der Waals surface area contributed by atoms with Gasteiger partial charge in [0.15, 0.2) is 11.1 Å². The molecule has 8 aromatic rings. The summed E-state index contributed by atoms with van der Waals surface area (Å²) in [4.78, 5) is 0. The number of aromatic nitrogens is 5. The molecule has 5 nitrogen and oxygen atoms in total. The maximum absolute atomic E-state index is 2.56. The predicted molar refractivity (Wildman–Crippen MR) is 181 cm³/mol. The predicted octanol–water partition coefficient (Wildman–Crippen LogP) is 7.75. The van der Waals surface area contributed by atoms with Crippen LogP contribution >= 0.6 is 0 Å². The lowest BCUT2D eigenvalue weighted by molar-refractivity contribution is -1.02. The fourth-order valence-electron chi connectivity index (χ4n) is 9.29. The smallest absolute Gasteiger partial charge is 0.307 e. The SMILES string of the molecule is Cc1cc(-c2ccccc2)ccc1-c1c[n+]2n(c1C)-c1cccc3c1C21c2c(ccc4c5ccccc5n-3c24)-n2c(C)cc(C)[n+]21. The summed E-state index contributed by atoms with van der Waals surface area (Å²) < 4.78 is 12.6. The minimum absolute atomic E-state index is 0.565. The van der Waals surface area contributed by atoms with Crippen molar-refractivity contribution in [3.8, 4) is 39.3 Å². The second kappa shape index (κ2) is 7.93. The molecule has 0 N–H and O–H groups in total. The highest BCUT2D eigenvalue weighted by molar-refractivity contribution is 6.12. The Hall–Kier alpha value is -5.68. The van der Waals surface area contributed by atoms with Crippen molar-refractivity contribution in [2.75, 3.05) is 0 Å². The molecule has 5 aromatic carbocycles. The Morgan fingerprint density at radius 2 is 1.37 bits per heavy atom. The number of fused-ring (bicyclic) bond motifs is 8. The van der Waals surface area contributed by atoms with Gasteiger partial charge in [-0.3, -0.25) is 0 Å². The van der Waals surface area contributed by atoms with Gasteiger partial charge < -0.3 is 4.57 Å². The summed E-state index contributed by atoms with van der Waals surface area (Å²) >= 11 is 0. The van der Waals surface area contributed by atoms with Crippen molar-refractivity contribution in [3.63, 3.8) is 0 Å². The van der Waals surface area contributed by atoms with Crippen molar-refractivity contribution >= 4 is 21.8 Å². The summed E-state index contributed by atoms with van der Waals surface area (Å²) in [7, 11) is 0. The van der Waals surface area contributed by atoms with Gasteiger partial charge in [0.25, 0.3) is 0 Å². The molecule has 3 aromatic heterocycles. The first-order valence-corrected chi connectivity index (χ1v) is 16.1. The quantitative estimate of drug-likeness (QED) is 0.183. The molecular formula is C41H31N5+2. The normalized spacial score (nSPS) is 16.3. The third-order valence-electron chi connectivity index (χ3n) is 11.0. The van der Waals surface area contributed by atoms with Crippen molar-refractivity contribution in [1.82, 2.24) is 13.9 Å². The first-order chi connectivity index (χ1) is 22.5. The highest BCUT2D eigenvalue weighted by atomic mass is 15.6. The topological polar surface area (TPSA) is 22.5 Å². The van der Waals surface area contributed by atoms with Crippen molar-refractivity contribution in [2.24, 2.45) is 0 Å². The summed E-state index contributed by atoms with van der Waals surface area (Å²) in [5.74, 6) is 0. The summed E-state index contributed by atoms with van der Waals surface area (Å²) in [5, 5.41) is 2.61. The van der Waals surface area contributed by atoms with E-state index in [1.165, 1.54) is 94.9 Å². The lowest BCUT2D eigenvalue weighted by Gasteiger charge is -2.23. The minimum atomic E-state index is -0.565. The van der Waals surface area contributed by atoms with Gasteiger partial charge in [-0.2, -0.15) is 0 Å². The molecule has 1 unspecified atom stereocenters. The third kappa shape index (κ3) is 2.53. The van der Waals surface area contributed by atoms with E-state index in [2.05, 4.69) is 166 Å². The summed E-state index contributed by atoms with van der Waals surface area (Å²) in [6, 6.07) is 40.4. The van der Waals surface area contributed by atoms with Crippen LogP contribution in [0.4, 0.5) is 0 Å². The number of benzene rings is 5. The van der Waals surface area contributed by atoms with Crippen LogP contribution in [-0.4, -0.2) is 13.9 Å². The van der Waals surface area contributed by atoms with Crippen molar-refractivity contribution in [1.29, 1.82) is 0 Å². The van der Waals surface area contributed by atoms with Crippen molar-refractivity contribution < 1.29 is 9.36 Å². The van der Waals surface area contributed by atoms with Gasteiger partial charge in [0.2, 0.25) is 11.9 Å². The van der Waals surface area contributed by atoms with Crippen molar-refractivity contribution in [2.45, 2.75) is 33.4 Å². The van der Waals surface area contributed by atoms with E-state index in [4.69, 9.17) is 0 Å². The molecule has 0 radical (unpaired) electrons. The van der Waals surface area contributed by atoms with Crippen LogP contribution in [-0.2, 0) is 5.66 Å². The van der Waals surface area contributed by atoms with Crippen LogP contribution in [0.5, 0.6) is 0 Å². The number of rotatable bonds is 2. The van der Waals surface area contributed by atoms with E-state index < -0.39 is 5.66 Å². The van der Waals surface area contributed by atoms with Crippen LogP contribution in [0.15, 0.2) is 115 Å². The maximum atomic E-state index is 2.56. The molecule has 3 aliphatic heterocycles. The van der Waals surface area contributed by atoms with Gasteiger partial charge in [0.05, 0.1) is 33.7 Å². The van der Waals surface area contributed by atoms with Crippen LogP contribution in [0.1, 0.15) is 33.8 Å². The zero-order valence-electron chi connectivity index (χ0n) is 26.2. The number of para-hydroxylation sites is 1. The molecule has 0 bridgehead atoms. The molecule has 218 valence electrons. The van der Waals surface area contributed by atoms with Crippen LogP contribution in [0.2, 0.25) is 0 Å². The van der Waals surface area contributed by atoms with E-state index in [0.717, 1.165) is 0 Å². The lowest BCUT2D eigenvalue weighted by atomic mass is 9.85. The number of nitrogens with zero attached hydrogens (tertiary/aromatic N) is 5. The van der Waals surface area contributed by atoms with Gasteiger partial charge in [-0.1, -0.05) is 72.8 Å². The minimum Gasteiger partial charge on any atom is -0.307 e. The second-order valence-corrected chi connectivity index (χ2v) is 13.3. The zero-order valence-corrected chi connectivity index (χ0v) is 26.2. The molecule has 5 heteroatoms. The van der Waals surface area contributed by atoms with Crippen LogP contribution < -0.4 is 9.36 Å². The zero-order chi connectivity index (χ0) is 30.6. The molecule has 11 rings (SSSR count). The first kappa shape index (κ1) is 24.6. The van der Waals surface area contributed by atoms with Gasteiger partial charge >= 0.3 is 5.66 Å². The molecule has 0 amide bonds. The Morgan fingerprint density at radius 3 is 2.22 bits per heavy atom. The van der Waals surface area contributed by atoms with Gasteiger partial charge in [-0.05, 0) is 82.7 Å².